The monoisotopic (exact) mass is 274 g/mol. The molecule has 2 rings (SSSR count). The molecule has 0 bridgehead atoms. The summed E-state index contributed by atoms with van der Waals surface area (Å²) in [5, 5.41) is 0. The Bertz CT molecular complexity index is 536. The minimum atomic E-state index is 0.840. The van der Waals surface area contributed by atoms with E-state index in [1.54, 1.807) is 26.0 Å². The predicted octanol–water partition coefficient (Wildman–Crippen LogP) is 4.47. The standard InChI is InChI=1S/C16H18O2S/c1-11-7-5-8-12(2)15(11)19-16-13(17-3)9-6-10-14(16)18-4/h5-10H,1-4H3. The summed E-state index contributed by atoms with van der Waals surface area (Å²) in [6.45, 7) is 4.24. The molecule has 0 unspecified atom stereocenters. The number of benzene rings is 2. The van der Waals surface area contributed by atoms with Crippen LogP contribution in [-0.2, 0) is 0 Å². The number of methoxy groups -OCH3 is 2. The lowest BCUT2D eigenvalue weighted by atomic mass is 10.2. The van der Waals surface area contributed by atoms with Crippen LogP contribution in [0.2, 0.25) is 0 Å². The van der Waals surface area contributed by atoms with Crippen molar-refractivity contribution >= 4 is 11.8 Å². The summed E-state index contributed by atoms with van der Waals surface area (Å²) < 4.78 is 10.9. The molecule has 100 valence electrons. The summed E-state index contributed by atoms with van der Waals surface area (Å²) in [4.78, 5) is 2.27. The normalized spacial score (nSPS) is 10.3. The van der Waals surface area contributed by atoms with Gasteiger partial charge in [0.25, 0.3) is 0 Å². The molecule has 0 aliphatic carbocycles. The molecule has 2 aromatic carbocycles. The summed E-state index contributed by atoms with van der Waals surface area (Å²) in [5.41, 5.74) is 2.52. The van der Waals surface area contributed by atoms with Crippen molar-refractivity contribution in [2.75, 3.05) is 14.2 Å². The second-order valence-electron chi connectivity index (χ2n) is 4.31. The van der Waals surface area contributed by atoms with Crippen molar-refractivity contribution in [3.63, 3.8) is 0 Å². The largest absolute Gasteiger partial charge is 0.495 e. The summed E-state index contributed by atoms with van der Waals surface area (Å²) >= 11 is 1.69. The SMILES string of the molecule is COc1cccc(OC)c1Sc1c(C)cccc1C. The van der Waals surface area contributed by atoms with Gasteiger partial charge in [0.1, 0.15) is 11.5 Å². The van der Waals surface area contributed by atoms with Crippen molar-refractivity contribution in [1.29, 1.82) is 0 Å². The molecule has 0 radical (unpaired) electrons. The Morgan fingerprint density at radius 2 is 1.21 bits per heavy atom. The van der Waals surface area contributed by atoms with E-state index in [0.717, 1.165) is 16.4 Å². The van der Waals surface area contributed by atoms with Gasteiger partial charge in [-0.15, -0.1) is 0 Å². The molecule has 0 N–H and O–H groups in total. The third-order valence-corrected chi connectivity index (χ3v) is 4.45. The smallest absolute Gasteiger partial charge is 0.136 e. The highest BCUT2D eigenvalue weighted by Gasteiger charge is 2.13. The van der Waals surface area contributed by atoms with Crippen LogP contribution in [0.15, 0.2) is 46.2 Å². The van der Waals surface area contributed by atoms with Crippen molar-refractivity contribution in [2.24, 2.45) is 0 Å². The topological polar surface area (TPSA) is 18.5 Å². The second kappa shape index (κ2) is 6.02. The first-order valence-electron chi connectivity index (χ1n) is 6.12. The Labute approximate surface area is 118 Å². The number of rotatable bonds is 4. The van der Waals surface area contributed by atoms with E-state index < -0.39 is 0 Å². The van der Waals surface area contributed by atoms with Crippen LogP contribution in [0, 0.1) is 13.8 Å². The molecular formula is C16H18O2S. The Morgan fingerprint density at radius 3 is 1.68 bits per heavy atom. The molecular weight excluding hydrogens is 256 g/mol. The molecule has 0 spiro atoms. The maximum atomic E-state index is 5.44. The molecule has 0 saturated heterocycles. The van der Waals surface area contributed by atoms with E-state index in [1.165, 1.54) is 16.0 Å². The van der Waals surface area contributed by atoms with Gasteiger partial charge in [0.2, 0.25) is 0 Å². The second-order valence-corrected chi connectivity index (χ2v) is 5.34. The molecule has 0 aromatic heterocycles. The van der Waals surface area contributed by atoms with Gasteiger partial charge in [-0.2, -0.15) is 0 Å². The van der Waals surface area contributed by atoms with Crippen LogP contribution in [0.5, 0.6) is 11.5 Å². The molecule has 3 heteroatoms. The summed E-state index contributed by atoms with van der Waals surface area (Å²) in [6, 6.07) is 12.2. The van der Waals surface area contributed by atoms with E-state index >= 15 is 0 Å². The fraction of sp³-hybridized carbons (Fsp3) is 0.250. The fourth-order valence-corrected chi connectivity index (χ4v) is 3.15. The highest BCUT2D eigenvalue weighted by molar-refractivity contribution is 7.99. The molecule has 0 amide bonds. The van der Waals surface area contributed by atoms with Gasteiger partial charge in [-0.1, -0.05) is 36.0 Å². The molecule has 19 heavy (non-hydrogen) atoms. The van der Waals surface area contributed by atoms with E-state index in [4.69, 9.17) is 9.47 Å². The maximum Gasteiger partial charge on any atom is 0.136 e. The predicted molar refractivity (Wildman–Crippen MR) is 79.6 cm³/mol. The van der Waals surface area contributed by atoms with Crippen LogP contribution >= 0.6 is 11.8 Å². The average molecular weight is 274 g/mol. The number of aryl methyl sites for hydroxylation is 2. The van der Waals surface area contributed by atoms with E-state index in [2.05, 4.69) is 32.0 Å². The van der Waals surface area contributed by atoms with Crippen LogP contribution in [0.3, 0.4) is 0 Å². The first kappa shape index (κ1) is 13.8. The average Bonchev–Trinajstić information content (AvgIpc) is 2.42. The Morgan fingerprint density at radius 1 is 0.737 bits per heavy atom. The first-order chi connectivity index (χ1) is 9.17. The van der Waals surface area contributed by atoms with Gasteiger partial charge in [-0.25, -0.2) is 0 Å². The number of hydrogen-bond acceptors (Lipinski definition) is 3. The van der Waals surface area contributed by atoms with Crippen molar-refractivity contribution in [2.45, 2.75) is 23.6 Å². The van der Waals surface area contributed by atoms with Crippen LogP contribution < -0.4 is 9.47 Å². The van der Waals surface area contributed by atoms with Crippen LogP contribution in [0.1, 0.15) is 11.1 Å². The van der Waals surface area contributed by atoms with Gasteiger partial charge in [-0.05, 0) is 37.1 Å². The minimum absolute atomic E-state index is 0.840. The number of ether oxygens (including phenoxy) is 2. The highest BCUT2D eigenvalue weighted by Crippen LogP contribution is 2.43. The van der Waals surface area contributed by atoms with Crippen molar-refractivity contribution in [3.8, 4) is 11.5 Å². The zero-order chi connectivity index (χ0) is 13.8. The molecule has 0 atom stereocenters. The van der Waals surface area contributed by atoms with Crippen molar-refractivity contribution in [1.82, 2.24) is 0 Å². The zero-order valence-electron chi connectivity index (χ0n) is 11.7. The Hall–Kier alpha value is -1.61. The third-order valence-electron chi connectivity index (χ3n) is 3.00. The molecule has 0 saturated carbocycles. The third kappa shape index (κ3) is 2.87. The molecule has 2 nitrogen and oxygen atoms in total. The summed E-state index contributed by atoms with van der Waals surface area (Å²) in [6.07, 6.45) is 0. The van der Waals surface area contributed by atoms with Gasteiger partial charge in [-0.3, -0.25) is 0 Å². The first-order valence-corrected chi connectivity index (χ1v) is 6.94. The summed E-state index contributed by atoms with van der Waals surface area (Å²) in [5.74, 6) is 1.68. The van der Waals surface area contributed by atoms with Crippen LogP contribution in [0.4, 0.5) is 0 Å². The van der Waals surface area contributed by atoms with E-state index in [0.29, 0.717) is 0 Å². The van der Waals surface area contributed by atoms with Crippen LogP contribution in [-0.4, -0.2) is 14.2 Å². The van der Waals surface area contributed by atoms with E-state index in [9.17, 15) is 0 Å². The lowest BCUT2D eigenvalue weighted by Gasteiger charge is -2.15. The van der Waals surface area contributed by atoms with Gasteiger partial charge in [0.15, 0.2) is 0 Å². The Kier molecular flexibility index (Phi) is 4.38. The molecule has 0 aliphatic rings. The Balaban J connectivity index is 2.48. The molecule has 0 fully saturated rings. The lowest BCUT2D eigenvalue weighted by molar-refractivity contribution is 0.376. The van der Waals surface area contributed by atoms with Crippen molar-refractivity contribution in [3.05, 3.63) is 47.5 Å². The lowest BCUT2D eigenvalue weighted by Crippen LogP contribution is -1.92. The van der Waals surface area contributed by atoms with E-state index in [1.807, 2.05) is 18.2 Å². The maximum absolute atomic E-state index is 5.44. The van der Waals surface area contributed by atoms with Gasteiger partial charge >= 0.3 is 0 Å². The highest BCUT2D eigenvalue weighted by atomic mass is 32.2. The van der Waals surface area contributed by atoms with Gasteiger partial charge < -0.3 is 9.47 Å². The zero-order valence-corrected chi connectivity index (χ0v) is 12.5. The quantitative estimate of drug-likeness (QED) is 0.819. The summed E-state index contributed by atoms with van der Waals surface area (Å²) in [7, 11) is 3.37. The fourth-order valence-electron chi connectivity index (χ4n) is 1.98. The number of hydrogen-bond donors (Lipinski definition) is 0. The van der Waals surface area contributed by atoms with Gasteiger partial charge in [0.05, 0.1) is 19.1 Å². The molecule has 0 heterocycles. The van der Waals surface area contributed by atoms with Gasteiger partial charge in [0, 0.05) is 4.90 Å². The minimum Gasteiger partial charge on any atom is -0.495 e. The molecule has 0 aliphatic heterocycles. The van der Waals surface area contributed by atoms with E-state index in [-0.39, 0.29) is 0 Å². The van der Waals surface area contributed by atoms with Crippen molar-refractivity contribution < 1.29 is 9.47 Å². The van der Waals surface area contributed by atoms with Crippen LogP contribution in [0.25, 0.3) is 0 Å². The molecule has 2 aromatic rings.